The van der Waals surface area contributed by atoms with Gasteiger partial charge in [-0.25, -0.2) is 4.79 Å². The second-order valence-corrected chi connectivity index (χ2v) is 6.60. The molecule has 2 rings (SSSR count). The summed E-state index contributed by atoms with van der Waals surface area (Å²) >= 11 is 1.89. The molecule has 0 bridgehead atoms. The lowest BCUT2D eigenvalue weighted by Gasteiger charge is -2.26. The second kappa shape index (κ2) is 5.22. The third-order valence-electron chi connectivity index (χ3n) is 2.82. The number of nitrogens with zero attached hydrogens (tertiary/aromatic N) is 3. The van der Waals surface area contributed by atoms with Gasteiger partial charge in [-0.1, -0.05) is 0 Å². The van der Waals surface area contributed by atoms with E-state index in [1.54, 1.807) is 6.20 Å². The van der Waals surface area contributed by atoms with Crippen LogP contribution in [0.3, 0.4) is 0 Å². The van der Waals surface area contributed by atoms with E-state index in [9.17, 15) is 4.79 Å². The molecule has 6 heteroatoms. The Bertz CT molecular complexity index is 418. The van der Waals surface area contributed by atoms with Crippen LogP contribution in [0.4, 0.5) is 10.5 Å². The van der Waals surface area contributed by atoms with Crippen LogP contribution >= 0.6 is 11.8 Å². The first-order chi connectivity index (χ1) is 8.47. The zero-order valence-corrected chi connectivity index (χ0v) is 12.0. The van der Waals surface area contributed by atoms with E-state index in [4.69, 9.17) is 0 Å². The third-order valence-corrected chi connectivity index (χ3v) is 3.76. The molecule has 2 heterocycles. The molecule has 0 radical (unpaired) electrons. The van der Waals surface area contributed by atoms with E-state index in [-0.39, 0.29) is 11.6 Å². The van der Waals surface area contributed by atoms with Gasteiger partial charge in [0.05, 0.1) is 17.4 Å². The Labute approximate surface area is 112 Å². The molecule has 1 saturated heterocycles. The molecule has 0 aromatic carbocycles. The molecular formula is C12H20N4OS. The minimum Gasteiger partial charge on any atom is -0.323 e. The van der Waals surface area contributed by atoms with Gasteiger partial charge in [-0.05, 0) is 20.8 Å². The molecule has 18 heavy (non-hydrogen) atoms. The Balaban J connectivity index is 1.96. The van der Waals surface area contributed by atoms with E-state index in [0.29, 0.717) is 0 Å². The van der Waals surface area contributed by atoms with E-state index in [2.05, 4.69) is 31.2 Å². The maximum Gasteiger partial charge on any atom is 0.321 e. The number of rotatable bonds is 1. The fraction of sp³-hybridized carbons (Fsp3) is 0.667. The Morgan fingerprint density at radius 2 is 2.06 bits per heavy atom. The van der Waals surface area contributed by atoms with E-state index < -0.39 is 0 Å². The van der Waals surface area contributed by atoms with Gasteiger partial charge in [-0.15, -0.1) is 0 Å². The molecule has 1 aliphatic rings. The van der Waals surface area contributed by atoms with Crippen LogP contribution in [-0.2, 0) is 5.54 Å². The zero-order valence-electron chi connectivity index (χ0n) is 11.1. The Hall–Kier alpha value is -1.17. The van der Waals surface area contributed by atoms with Gasteiger partial charge in [0.15, 0.2) is 0 Å². The molecule has 1 N–H and O–H groups in total. The molecule has 0 saturated carbocycles. The fourth-order valence-corrected chi connectivity index (χ4v) is 2.63. The summed E-state index contributed by atoms with van der Waals surface area (Å²) in [7, 11) is 0. The highest BCUT2D eigenvalue weighted by molar-refractivity contribution is 7.99. The highest BCUT2D eigenvalue weighted by atomic mass is 32.2. The van der Waals surface area contributed by atoms with Crippen molar-refractivity contribution in [1.29, 1.82) is 0 Å². The molecule has 0 unspecified atom stereocenters. The predicted molar refractivity (Wildman–Crippen MR) is 75.1 cm³/mol. The van der Waals surface area contributed by atoms with Crippen molar-refractivity contribution < 1.29 is 4.79 Å². The van der Waals surface area contributed by atoms with Crippen molar-refractivity contribution in [1.82, 2.24) is 14.7 Å². The lowest BCUT2D eigenvalue weighted by Crippen LogP contribution is -2.40. The normalized spacial score (nSPS) is 16.7. The summed E-state index contributed by atoms with van der Waals surface area (Å²) in [6.45, 7) is 7.88. The molecule has 1 fully saturated rings. The third kappa shape index (κ3) is 3.19. The molecule has 1 aliphatic heterocycles. The number of carbonyl (C=O) groups is 1. The van der Waals surface area contributed by atoms with Crippen molar-refractivity contribution >= 4 is 23.5 Å². The van der Waals surface area contributed by atoms with Crippen LogP contribution in [0, 0.1) is 0 Å². The van der Waals surface area contributed by atoms with Gasteiger partial charge in [0, 0.05) is 30.8 Å². The zero-order chi connectivity index (χ0) is 13.2. The standard InChI is InChI=1S/C12H20N4OS/c1-12(2,3)16-9-10(8-13-16)14-11(17)15-4-6-18-7-5-15/h8-9H,4-7H2,1-3H3,(H,14,17). The molecule has 0 atom stereocenters. The van der Waals surface area contributed by atoms with Gasteiger partial charge >= 0.3 is 6.03 Å². The highest BCUT2D eigenvalue weighted by Crippen LogP contribution is 2.17. The largest absolute Gasteiger partial charge is 0.323 e. The van der Waals surface area contributed by atoms with Crippen LogP contribution in [0.15, 0.2) is 12.4 Å². The van der Waals surface area contributed by atoms with Crippen molar-refractivity contribution in [2.45, 2.75) is 26.3 Å². The number of hydrogen-bond donors (Lipinski definition) is 1. The Morgan fingerprint density at radius 1 is 1.39 bits per heavy atom. The monoisotopic (exact) mass is 268 g/mol. The van der Waals surface area contributed by atoms with Crippen LogP contribution in [-0.4, -0.2) is 45.3 Å². The van der Waals surface area contributed by atoms with Crippen LogP contribution in [0.2, 0.25) is 0 Å². The van der Waals surface area contributed by atoms with Crippen LogP contribution in [0.1, 0.15) is 20.8 Å². The number of thioether (sulfide) groups is 1. The van der Waals surface area contributed by atoms with E-state index in [1.807, 2.05) is 27.5 Å². The maximum atomic E-state index is 12.0. The van der Waals surface area contributed by atoms with E-state index in [1.165, 1.54) is 0 Å². The fourth-order valence-electron chi connectivity index (χ4n) is 1.72. The summed E-state index contributed by atoms with van der Waals surface area (Å²) in [4.78, 5) is 13.8. The van der Waals surface area contributed by atoms with Gasteiger partial charge < -0.3 is 10.2 Å². The minimum atomic E-state index is -0.0647. The van der Waals surface area contributed by atoms with Crippen LogP contribution in [0.25, 0.3) is 0 Å². The number of anilines is 1. The molecule has 0 spiro atoms. The lowest BCUT2D eigenvalue weighted by molar-refractivity contribution is 0.217. The predicted octanol–water partition coefficient (Wildman–Crippen LogP) is 2.22. The molecule has 5 nitrogen and oxygen atoms in total. The first kappa shape index (κ1) is 13.3. The molecule has 0 aliphatic carbocycles. The summed E-state index contributed by atoms with van der Waals surface area (Å²) in [5, 5.41) is 7.16. The van der Waals surface area contributed by atoms with Crippen molar-refractivity contribution in [2.24, 2.45) is 0 Å². The Kier molecular flexibility index (Phi) is 3.85. The van der Waals surface area contributed by atoms with E-state index in [0.717, 1.165) is 30.3 Å². The number of carbonyl (C=O) groups excluding carboxylic acids is 1. The second-order valence-electron chi connectivity index (χ2n) is 5.37. The van der Waals surface area contributed by atoms with Crippen LogP contribution < -0.4 is 5.32 Å². The van der Waals surface area contributed by atoms with Crippen LogP contribution in [0.5, 0.6) is 0 Å². The molecular weight excluding hydrogens is 248 g/mol. The minimum absolute atomic E-state index is 0.0243. The smallest absolute Gasteiger partial charge is 0.321 e. The van der Waals surface area contributed by atoms with Crippen molar-refractivity contribution in [3.63, 3.8) is 0 Å². The molecule has 100 valence electrons. The number of urea groups is 1. The molecule has 2 amide bonds. The van der Waals surface area contributed by atoms with Gasteiger partial charge in [-0.3, -0.25) is 4.68 Å². The maximum absolute atomic E-state index is 12.0. The number of amides is 2. The average Bonchev–Trinajstić information content (AvgIpc) is 2.78. The van der Waals surface area contributed by atoms with Crippen molar-refractivity contribution in [3.05, 3.63) is 12.4 Å². The summed E-state index contributed by atoms with van der Waals surface area (Å²) in [6.07, 6.45) is 3.57. The average molecular weight is 268 g/mol. The van der Waals surface area contributed by atoms with Gasteiger partial charge in [0.25, 0.3) is 0 Å². The number of aromatic nitrogens is 2. The van der Waals surface area contributed by atoms with E-state index >= 15 is 0 Å². The molecule has 1 aromatic rings. The summed E-state index contributed by atoms with van der Waals surface area (Å²) in [5.41, 5.74) is 0.693. The Morgan fingerprint density at radius 3 is 2.61 bits per heavy atom. The highest BCUT2D eigenvalue weighted by Gasteiger charge is 2.18. The first-order valence-corrected chi connectivity index (χ1v) is 7.31. The lowest BCUT2D eigenvalue weighted by atomic mass is 10.1. The van der Waals surface area contributed by atoms with Crippen molar-refractivity contribution in [2.75, 3.05) is 29.9 Å². The van der Waals surface area contributed by atoms with Gasteiger partial charge in [-0.2, -0.15) is 16.9 Å². The first-order valence-electron chi connectivity index (χ1n) is 6.15. The SMILES string of the molecule is CC(C)(C)n1cc(NC(=O)N2CCSCC2)cn1. The number of hydrogen-bond acceptors (Lipinski definition) is 3. The van der Waals surface area contributed by atoms with Gasteiger partial charge in [0.1, 0.15) is 0 Å². The summed E-state index contributed by atoms with van der Waals surface area (Å²) < 4.78 is 1.86. The summed E-state index contributed by atoms with van der Waals surface area (Å²) in [6, 6.07) is -0.0243. The topological polar surface area (TPSA) is 50.2 Å². The molecule has 1 aromatic heterocycles. The van der Waals surface area contributed by atoms with Crippen molar-refractivity contribution in [3.8, 4) is 0 Å². The quantitative estimate of drug-likeness (QED) is 0.849. The van der Waals surface area contributed by atoms with Gasteiger partial charge in [0.2, 0.25) is 0 Å². The number of nitrogens with one attached hydrogen (secondary N) is 1. The summed E-state index contributed by atoms with van der Waals surface area (Å²) in [5.74, 6) is 2.04.